The van der Waals surface area contributed by atoms with Gasteiger partial charge in [-0.2, -0.15) is 8.42 Å². The van der Waals surface area contributed by atoms with Crippen molar-refractivity contribution in [2.24, 2.45) is 10.1 Å². The van der Waals surface area contributed by atoms with Crippen LogP contribution in [-0.4, -0.2) is 37.0 Å². The summed E-state index contributed by atoms with van der Waals surface area (Å²) in [6.45, 7) is 5.15. The third-order valence-electron chi connectivity index (χ3n) is 4.41. The van der Waals surface area contributed by atoms with Gasteiger partial charge in [0.1, 0.15) is 5.84 Å². The van der Waals surface area contributed by atoms with Crippen molar-refractivity contribution < 1.29 is 28.2 Å². The SMILES string of the molecule is CCOCc1cc(C(=O)O)ccc1-c1ccccc1S(=O)(=O)N=C(N)/C(C)=C(/C)O. The maximum absolute atomic E-state index is 13.0. The Kier molecular flexibility index (Phi) is 7.36. The van der Waals surface area contributed by atoms with Crippen LogP contribution in [0.15, 0.2) is 63.1 Å². The summed E-state index contributed by atoms with van der Waals surface area (Å²) in [5.41, 5.74) is 7.33. The van der Waals surface area contributed by atoms with Crippen LogP contribution in [0.2, 0.25) is 0 Å². The largest absolute Gasteiger partial charge is 0.512 e. The number of rotatable bonds is 8. The highest BCUT2D eigenvalue weighted by Gasteiger charge is 2.22. The lowest BCUT2D eigenvalue weighted by atomic mass is 9.98. The van der Waals surface area contributed by atoms with Crippen molar-refractivity contribution in [3.8, 4) is 11.1 Å². The van der Waals surface area contributed by atoms with Crippen LogP contribution >= 0.6 is 0 Å². The minimum absolute atomic E-state index is 0.0650. The molecule has 0 atom stereocenters. The first-order valence-corrected chi connectivity index (χ1v) is 10.5. The second-order valence-electron chi connectivity index (χ2n) is 6.47. The molecule has 160 valence electrons. The van der Waals surface area contributed by atoms with E-state index in [1.807, 2.05) is 0 Å². The van der Waals surface area contributed by atoms with E-state index < -0.39 is 16.0 Å². The average Bonchev–Trinajstić information content (AvgIpc) is 2.70. The van der Waals surface area contributed by atoms with Crippen LogP contribution in [0.5, 0.6) is 0 Å². The van der Waals surface area contributed by atoms with E-state index in [0.717, 1.165) is 0 Å². The molecule has 0 amide bonds. The van der Waals surface area contributed by atoms with Crippen LogP contribution in [0.1, 0.15) is 36.7 Å². The summed E-state index contributed by atoms with van der Waals surface area (Å²) in [5.74, 6) is -1.55. The maximum Gasteiger partial charge on any atom is 0.335 e. The molecule has 0 heterocycles. The van der Waals surface area contributed by atoms with Gasteiger partial charge in [-0.15, -0.1) is 4.40 Å². The Morgan fingerprint density at radius 1 is 1.10 bits per heavy atom. The van der Waals surface area contributed by atoms with Crippen molar-refractivity contribution in [3.05, 3.63) is 64.9 Å². The zero-order valence-electron chi connectivity index (χ0n) is 16.9. The van der Waals surface area contributed by atoms with Crippen LogP contribution in [0, 0.1) is 0 Å². The van der Waals surface area contributed by atoms with Gasteiger partial charge in [-0.3, -0.25) is 0 Å². The smallest absolute Gasteiger partial charge is 0.335 e. The van der Waals surface area contributed by atoms with Crippen molar-refractivity contribution in [2.45, 2.75) is 32.3 Å². The van der Waals surface area contributed by atoms with Crippen molar-refractivity contribution in [2.75, 3.05) is 6.61 Å². The fourth-order valence-corrected chi connectivity index (χ4v) is 3.87. The van der Waals surface area contributed by atoms with Crippen LogP contribution in [0.3, 0.4) is 0 Å². The molecule has 2 aromatic carbocycles. The van der Waals surface area contributed by atoms with Gasteiger partial charge in [0.2, 0.25) is 0 Å². The summed E-state index contributed by atoms with van der Waals surface area (Å²) in [4.78, 5) is 11.2. The number of allylic oxidation sites excluding steroid dienone is 1. The minimum atomic E-state index is -4.22. The molecule has 0 aliphatic carbocycles. The Balaban J connectivity index is 2.69. The normalized spacial score (nSPS) is 13.1. The predicted octanol–water partition coefficient (Wildman–Crippen LogP) is 3.49. The molecular formula is C21H24N2O6S. The quantitative estimate of drug-likeness (QED) is 0.329. The fraction of sp³-hybridized carbons (Fsp3) is 0.238. The van der Waals surface area contributed by atoms with E-state index in [9.17, 15) is 23.4 Å². The molecule has 0 fully saturated rings. The van der Waals surface area contributed by atoms with E-state index in [0.29, 0.717) is 23.3 Å². The first kappa shape index (κ1) is 23.1. The number of carbonyl (C=O) groups is 1. The molecule has 0 saturated heterocycles. The summed E-state index contributed by atoms with van der Waals surface area (Å²) in [7, 11) is -4.22. The van der Waals surface area contributed by atoms with Gasteiger partial charge in [-0.1, -0.05) is 24.3 Å². The van der Waals surface area contributed by atoms with Crippen molar-refractivity contribution in [3.63, 3.8) is 0 Å². The molecule has 0 aliphatic heterocycles. The van der Waals surface area contributed by atoms with Gasteiger partial charge in [0.05, 0.1) is 22.8 Å². The summed E-state index contributed by atoms with van der Waals surface area (Å²) < 4.78 is 35.0. The standard InChI is InChI=1S/C21H24N2O6S/c1-4-29-12-16-11-15(21(25)26)9-10-17(16)18-7-5-6-8-19(18)30(27,28)23-20(22)13(2)14(3)24/h5-11,24H,4,12H2,1-3H3,(H2,22,23)(H,25,26)/b14-13-. The molecule has 30 heavy (non-hydrogen) atoms. The average molecular weight is 432 g/mol. The molecule has 8 nitrogen and oxygen atoms in total. The number of ether oxygens (including phenoxy) is 1. The second kappa shape index (κ2) is 9.55. The third-order valence-corrected chi connectivity index (χ3v) is 5.76. The van der Waals surface area contributed by atoms with Gasteiger partial charge in [-0.05, 0) is 50.1 Å². The highest BCUT2D eigenvalue weighted by Crippen LogP contribution is 2.32. The zero-order chi connectivity index (χ0) is 22.5. The number of benzene rings is 2. The van der Waals surface area contributed by atoms with E-state index in [1.54, 1.807) is 31.2 Å². The van der Waals surface area contributed by atoms with Gasteiger partial charge in [0.15, 0.2) is 0 Å². The van der Waals surface area contributed by atoms with Gasteiger partial charge in [0, 0.05) is 17.7 Å². The molecule has 0 unspecified atom stereocenters. The van der Waals surface area contributed by atoms with E-state index in [4.69, 9.17) is 10.5 Å². The third kappa shape index (κ3) is 5.25. The fourth-order valence-electron chi connectivity index (χ4n) is 2.67. The lowest BCUT2D eigenvalue weighted by Crippen LogP contribution is -2.17. The molecule has 0 saturated carbocycles. The van der Waals surface area contributed by atoms with E-state index >= 15 is 0 Å². The van der Waals surface area contributed by atoms with Gasteiger partial charge in [0.25, 0.3) is 10.0 Å². The highest BCUT2D eigenvalue weighted by molar-refractivity contribution is 7.90. The number of nitrogens with two attached hydrogens (primary N) is 1. The number of aromatic carboxylic acids is 1. The minimum Gasteiger partial charge on any atom is -0.512 e. The molecular weight excluding hydrogens is 408 g/mol. The van der Waals surface area contributed by atoms with Crippen molar-refractivity contribution in [1.82, 2.24) is 0 Å². The molecule has 9 heteroatoms. The molecule has 0 bridgehead atoms. The van der Waals surface area contributed by atoms with Crippen molar-refractivity contribution in [1.29, 1.82) is 0 Å². The van der Waals surface area contributed by atoms with Crippen LogP contribution in [-0.2, 0) is 21.4 Å². The lowest BCUT2D eigenvalue weighted by molar-refractivity contribution is 0.0696. The predicted molar refractivity (Wildman–Crippen MR) is 114 cm³/mol. The van der Waals surface area contributed by atoms with Crippen molar-refractivity contribution >= 4 is 21.8 Å². The topological polar surface area (TPSA) is 139 Å². The van der Waals surface area contributed by atoms with Gasteiger partial charge >= 0.3 is 5.97 Å². The number of hydrogen-bond donors (Lipinski definition) is 3. The molecule has 0 spiro atoms. The first-order chi connectivity index (χ1) is 14.1. The molecule has 2 rings (SSSR count). The molecule has 0 radical (unpaired) electrons. The van der Waals surface area contributed by atoms with Gasteiger partial charge < -0.3 is 20.7 Å². The van der Waals surface area contributed by atoms with E-state index in [2.05, 4.69) is 4.40 Å². The number of aliphatic hydroxyl groups excluding tert-OH is 1. The monoisotopic (exact) mass is 432 g/mol. The molecule has 0 aliphatic rings. The Bertz CT molecular complexity index is 1120. The van der Waals surface area contributed by atoms with Crippen LogP contribution in [0.25, 0.3) is 11.1 Å². The number of carboxylic acid groups (broad SMARTS) is 1. The number of aliphatic hydroxyl groups is 1. The summed E-state index contributed by atoms with van der Waals surface area (Å²) in [6, 6.07) is 10.6. The van der Waals surface area contributed by atoms with E-state index in [1.165, 1.54) is 32.0 Å². The Hall–Kier alpha value is -3.17. The number of nitrogens with zero attached hydrogens (tertiary/aromatic N) is 1. The Morgan fingerprint density at radius 3 is 2.37 bits per heavy atom. The number of sulfonamides is 1. The molecule has 0 aromatic heterocycles. The maximum atomic E-state index is 13.0. The Labute approximate surface area is 175 Å². The zero-order valence-corrected chi connectivity index (χ0v) is 17.7. The lowest BCUT2D eigenvalue weighted by Gasteiger charge is -2.14. The Morgan fingerprint density at radius 2 is 1.77 bits per heavy atom. The number of carboxylic acids is 1. The summed E-state index contributed by atoms with van der Waals surface area (Å²) in [5, 5.41) is 18.8. The van der Waals surface area contributed by atoms with Crippen LogP contribution in [0.4, 0.5) is 0 Å². The summed E-state index contributed by atoms with van der Waals surface area (Å²) in [6.07, 6.45) is 0. The van der Waals surface area contributed by atoms with E-state index in [-0.39, 0.29) is 34.2 Å². The highest BCUT2D eigenvalue weighted by atomic mass is 32.2. The molecule has 2 aromatic rings. The van der Waals surface area contributed by atoms with Gasteiger partial charge in [-0.25, -0.2) is 4.79 Å². The summed E-state index contributed by atoms with van der Waals surface area (Å²) >= 11 is 0. The molecule has 4 N–H and O–H groups in total. The second-order valence-corrected chi connectivity index (χ2v) is 8.04. The number of amidine groups is 1. The first-order valence-electron chi connectivity index (χ1n) is 9.09. The van der Waals surface area contributed by atoms with Crippen LogP contribution < -0.4 is 5.73 Å². The number of hydrogen-bond acceptors (Lipinski definition) is 5.